The van der Waals surface area contributed by atoms with E-state index in [4.69, 9.17) is 0 Å². The fourth-order valence-corrected chi connectivity index (χ4v) is 3.78. The molecule has 2 amide bonds. The maximum absolute atomic E-state index is 12.4. The summed E-state index contributed by atoms with van der Waals surface area (Å²) in [5.74, 6) is -0.0420. The molecule has 0 unspecified atom stereocenters. The third-order valence-electron chi connectivity index (χ3n) is 5.45. The first kappa shape index (κ1) is 21.3. The van der Waals surface area contributed by atoms with Crippen LogP contribution in [0.15, 0.2) is 30.5 Å². The number of anilines is 1. The van der Waals surface area contributed by atoms with Crippen molar-refractivity contribution in [2.45, 2.75) is 44.7 Å². The number of nitrogens with one attached hydrogen (secondary N) is 2. The Morgan fingerprint density at radius 3 is 2.66 bits per heavy atom. The van der Waals surface area contributed by atoms with Crippen LogP contribution in [0, 0.1) is 0 Å². The van der Waals surface area contributed by atoms with E-state index in [1.54, 1.807) is 10.9 Å². The number of amides is 2. The molecule has 0 spiro atoms. The average Bonchev–Trinajstić information content (AvgIpc) is 3.24. The summed E-state index contributed by atoms with van der Waals surface area (Å²) < 4.78 is 1.81. The highest BCUT2D eigenvalue weighted by Crippen LogP contribution is 2.21. The summed E-state index contributed by atoms with van der Waals surface area (Å²) in [6.45, 7) is 3.12. The number of carbonyl (C=O) groups excluding carboxylic acids is 2. The van der Waals surface area contributed by atoms with Crippen LogP contribution in [-0.2, 0) is 11.3 Å². The molecule has 8 nitrogen and oxygen atoms in total. The Bertz CT molecular complexity index is 832. The molecule has 1 aromatic heterocycles. The Balaban J connectivity index is 0.00000240. The molecule has 2 aliphatic rings. The summed E-state index contributed by atoms with van der Waals surface area (Å²) >= 11 is 0. The minimum absolute atomic E-state index is 0. The van der Waals surface area contributed by atoms with E-state index in [-0.39, 0.29) is 24.2 Å². The van der Waals surface area contributed by atoms with Gasteiger partial charge in [-0.1, -0.05) is 17.3 Å². The van der Waals surface area contributed by atoms with Crippen LogP contribution in [0.2, 0.25) is 0 Å². The van der Waals surface area contributed by atoms with Crippen LogP contribution in [0.1, 0.15) is 54.2 Å². The molecule has 0 bridgehead atoms. The van der Waals surface area contributed by atoms with Crippen LogP contribution in [0.4, 0.5) is 5.69 Å². The number of piperidine rings is 2. The Hall–Kier alpha value is -2.45. The lowest BCUT2D eigenvalue weighted by Crippen LogP contribution is -2.35. The summed E-state index contributed by atoms with van der Waals surface area (Å²) in [4.78, 5) is 26.2. The van der Waals surface area contributed by atoms with Crippen molar-refractivity contribution in [2.75, 3.05) is 24.5 Å². The molecule has 0 atom stereocenters. The number of rotatable bonds is 5. The number of carbonyl (C=O) groups is 2. The first-order valence-electron chi connectivity index (χ1n) is 10.0. The van der Waals surface area contributed by atoms with Crippen molar-refractivity contribution in [3.63, 3.8) is 0 Å². The molecule has 156 valence electrons. The molecule has 0 radical (unpaired) electrons. The second-order valence-electron chi connectivity index (χ2n) is 7.42. The van der Waals surface area contributed by atoms with Crippen LogP contribution < -0.4 is 15.5 Å². The van der Waals surface area contributed by atoms with Crippen molar-refractivity contribution in [3.05, 3.63) is 41.7 Å². The predicted molar refractivity (Wildman–Crippen MR) is 112 cm³/mol. The topological polar surface area (TPSA) is 92.2 Å². The first-order chi connectivity index (χ1) is 13.7. The highest BCUT2D eigenvalue weighted by atomic mass is 35.5. The molecule has 0 saturated carbocycles. The van der Waals surface area contributed by atoms with E-state index in [2.05, 4.69) is 20.9 Å². The van der Waals surface area contributed by atoms with E-state index in [9.17, 15) is 9.59 Å². The van der Waals surface area contributed by atoms with Crippen LogP contribution in [-0.4, -0.2) is 46.4 Å². The van der Waals surface area contributed by atoms with Gasteiger partial charge in [0.25, 0.3) is 5.91 Å². The smallest absolute Gasteiger partial charge is 0.273 e. The van der Waals surface area contributed by atoms with Gasteiger partial charge in [-0.2, -0.15) is 0 Å². The number of halogens is 1. The third-order valence-corrected chi connectivity index (χ3v) is 5.45. The molecule has 9 heteroatoms. The fraction of sp³-hybridized carbons (Fsp3) is 0.500. The number of benzene rings is 1. The molecule has 4 rings (SSSR count). The van der Waals surface area contributed by atoms with Crippen LogP contribution in [0.25, 0.3) is 0 Å². The van der Waals surface area contributed by atoms with E-state index in [1.807, 2.05) is 29.2 Å². The highest BCUT2D eigenvalue weighted by Gasteiger charge is 2.20. The maximum atomic E-state index is 12.4. The molecule has 2 aliphatic heterocycles. The lowest BCUT2D eigenvalue weighted by Gasteiger charge is -2.26. The van der Waals surface area contributed by atoms with Gasteiger partial charge in [-0.05, 0) is 56.5 Å². The normalized spacial score (nSPS) is 17.7. The van der Waals surface area contributed by atoms with Crippen LogP contribution >= 0.6 is 12.4 Å². The number of aromatic nitrogens is 3. The molecular formula is C20H27ClN6O2. The van der Waals surface area contributed by atoms with Gasteiger partial charge in [-0.3, -0.25) is 9.59 Å². The molecule has 2 N–H and O–H groups in total. The maximum Gasteiger partial charge on any atom is 0.273 e. The lowest BCUT2D eigenvalue weighted by atomic mass is 10.1. The van der Waals surface area contributed by atoms with Crippen molar-refractivity contribution >= 4 is 29.9 Å². The van der Waals surface area contributed by atoms with Crippen molar-refractivity contribution in [2.24, 2.45) is 0 Å². The van der Waals surface area contributed by atoms with E-state index in [0.717, 1.165) is 56.6 Å². The Labute approximate surface area is 176 Å². The highest BCUT2D eigenvalue weighted by molar-refractivity contribution is 5.94. The molecular weight excluding hydrogens is 392 g/mol. The molecule has 2 saturated heterocycles. The van der Waals surface area contributed by atoms with Crippen molar-refractivity contribution in [1.29, 1.82) is 0 Å². The minimum Gasteiger partial charge on any atom is -0.347 e. The zero-order valence-corrected chi connectivity index (χ0v) is 17.2. The third kappa shape index (κ3) is 5.13. The number of hydrogen-bond acceptors (Lipinski definition) is 5. The van der Waals surface area contributed by atoms with Crippen LogP contribution in [0.3, 0.4) is 0 Å². The summed E-state index contributed by atoms with van der Waals surface area (Å²) in [7, 11) is 0. The minimum atomic E-state index is -0.226. The number of nitrogens with zero attached hydrogens (tertiary/aromatic N) is 4. The zero-order chi connectivity index (χ0) is 19.3. The van der Waals surface area contributed by atoms with E-state index >= 15 is 0 Å². The van der Waals surface area contributed by atoms with Gasteiger partial charge in [0, 0.05) is 25.2 Å². The Morgan fingerprint density at radius 2 is 1.93 bits per heavy atom. The van der Waals surface area contributed by atoms with Gasteiger partial charge >= 0.3 is 0 Å². The average molecular weight is 419 g/mol. The monoisotopic (exact) mass is 418 g/mol. The second kappa shape index (κ2) is 9.84. The van der Waals surface area contributed by atoms with E-state index in [1.165, 1.54) is 0 Å². The van der Waals surface area contributed by atoms with Gasteiger partial charge in [0.05, 0.1) is 12.2 Å². The molecule has 1 aromatic carbocycles. The first-order valence-corrected chi connectivity index (χ1v) is 10.0. The summed E-state index contributed by atoms with van der Waals surface area (Å²) in [5, 5.41) is 14.4. The van der Waals surface area contributed by atoms with Crippen molar-refractivity contribution in [1.82, 2.24) is 25.6 Å². The van der Waals surface area contributed by atoms with Gasteiger partial charge in [-0.15, -0.1) is 17.5 Å². The van der Waals surface area contributed by atoms with Gasteiger partial charge in [0.1, 0.15) is 0 Å². The van der Waals surface area contributed by atoms with Crippen molar-refractivity contribution in [3.8, 4) is 0 Å². The Morgan fingerprint density at radius 1 is 1.17 bits per heavy atom. The summed E-state index contributed by atoms with van der Waals surface area (Å²) in [6.07, 6.45) is 6.36. The lowest BCUT2D eigenvalue weighted by molar-refractivity contribution is -0.119. The standard InChI is InChI=1S/C20H26N6O2.ClH/c27-19-3-1-2-12-25(19)16-6-4-15(5-7-16)13-22-20(28)18-14-26(24-23-18)17-8-10-21-11-9-17;/h4-7,14,17,21H,1-3,8-13H2,(H,22,28);1H. The van der Waals surface area contributed by atoms with Gasteiger partial charge < -0.3 is 15.5 Å². The second-order valence-corrected chi connectivity index (χ2v) is 7.42. The summed E-state index contributed by atoms with van der Waals surface area (Å²) in [5.41, 5.74) is 2.24. The zero-order valence-electron chi connectivity index (χ0n) is 16.3. The molecule has 2 aromatic rings. The molecule has 3 heterocycles. The van der Waals surface area contributed by atoms with E-state index in [0.29, 0.717) is 24.7 Å². The van der Waals surface area contributed by atoms with Crippen LogP contribution in [0.5, 0.6) is 0 Å². The Kier molecular flexibility index (Phi) is 7.22. The quantitative estimate of drug-likeness (QED) is 0.775. The SMILES string of the molecule is Cl.O=C(NCc1ccc(N2CCCCC2=O)cc1)c1cn(C2CCNCC2)nn1. The number of hydrogen-bond donors (Lipinski definition) is 2. The summed E-state index contributed by atoms with van der Waals surface area (Å²) in [6, 6.07) is 8.09. The molecule has 0 aliphatic carbocycles. The van der Waals surface area contributed by atoms with Gasteiger partial charge in [0.15, 0.2) is 5.69 Å². The molecule has 29 heavy (non-hydrogen) atoms. The molecule has 2 fully saturated rings. The predicted octanol–water partition coefficient (Wildman–Crippen LogP) is 2.07. The van der Waals surface area contributed by atoms with E-state index < -0.39 is 0 Å². The van der Waals surface area contributed by atoms with Gasteiger partial charge in [-0.25, -0.2) is 4.68 Å². The van der Waals surface area contributed by atoms with Gasteiger partial charge in [0.2, 0.25) is 5.91 Å². The fourth-order valence-electron chi connectivity index (χ4n) is 3.78. The van der Waals surface area contributed by atoms with Crippen molar-refractivity contribution < 1.29 is 9.59 Å². The largest absolute Gasteiger partial charge is 0.347 e.